The average Bonchev–Trinajstić information content (AvgIpc) is 2.75. The summed E-state index contributed by atoms with van der Waals surface area (Å²) in [7, 11) is 1.52. The zero-order valence-electron chi connectivity index (χ0n) is 17.8. The first kappa shape index (κ1) is 22.9. The van der Waals surface area contributed by atoms with E-state index in [-0.39, 0.29) is 24.7 Å². The molecule has 168 valence electrons. The smallest absolute Gasteiger partial charge is 0.333 e. The highest BCUT2D eigenvalue weighted by Crippen LogP contribution is 2.23. The number of nitrogen functional groups attached to an aromatic ring is 1. The fraction of sp³-hybridized carbons (Fsp3) is 0.476. The van der Waals surface area contributed by atoms with Gasteiger partial charge in [-0.3, -0.25) is 14.2 Å². The van der Waals surface area contributed by atoms with Crippen molar-refractivity contribution in [2.24, 2.45) is 0 Å². The normalized spacial score (nSPS) is 14.0. The Bertz CT molecular complexity index is 1070. The number of nitrogens with two attached hydrogens (primary N) is 1. The molecule has 0 saturated carbocycles. The largest absolute Gasteiger partial charge is 0.383 e. The Morgan fingerprint density at radius 1 is 1.19 bits per heavy atom. The first-order chi connectivity index (χ1) is 14.8. The Morgan fingerprint density at radius 2 is 1.90 bits per heavy atom. The molecule has 0 atom stereocenters. The third-order valence-corrected chi connectivity index (χ3v) is 5.89. The fourth-order valence-electron chi connectivity index (χ4n) is 3.73. The van der Waals surface area contributed by atoms with Crippen LogP contribution in [0, 0.1) is 6.92 Å². The molecule has 0 radical (unpaired) electrons. The van der Waals surface area contributed by atoms with Crippen molar-refractivity contribution in [2.75, 3.05) is 42.8 Å². The third kappa shape index (κ3) is 4.94. The molecule has 1 aromatic carbocycles. The molecule has 31 heavy (non-hydrogen) atoms. The van der Waals surface area contributed by atoms with Crippen LogP contribution in [0.3, 0.4) is 0 Å². The SMILES string of the molecule is COCCn1c(N)c(N2CCCCC2)c(=O)n(CC(=O)Nc2cccc(Cl)c2C)c1=O. The number of ether oxygens (including phenoxy) is 1. The second kappa shape index (κ2) is 10.0. The first-order valence-corrected chi connectivity index (χ1v) is 10.6. The first-order valence-electron chi connectivity index (χ1n) is 10.3. The molecule has 10 heteroatoms. The number of nitrogens with one attached hydrogen (secondary N) is 1. The summed E-state index contributed by atoms with van der Waals surface area (Å²) in [6.07, 6.45) is 2.95. The van der Waals surface area contributed by atoms with E-state index in [0.29, 0.717) is 29.4 Å². The van der Waals surface area contributed by atoms with E-state index < -0.39 is 23.7 Å². The van der Waals surface area contributed by atoms with Crippen LogP contribution in [0.25, 0.3) is 0 Å². The number of halogens is 1. The van der Waals surface area contributed by atoms with Gasteiger partial charge in [0.05, 0.1) is 13.2 Å². The maximum atomic E-state index is 13.2. The van der Waals surface area contributed by atoms with Crippen LogP contribution in [0.5, 0.6) is 0 Å². The van der Waals surface area contributed by atoms with Gasteiger partial charge in [-0.15, -0.1) is 0 Å². The topological polar surface area (TPSA) is 112 Å². The number of nitrogens with zero attached hydrogens (tertiary/aromatic N) is 3. The molecule has 2 heterocycles. The maximum Gasteiger partial charge on any atom is 0.333 e. The molecule has 1 aliphatic rings. The Hall–Kier alpha value is -2.78. The minimum absolute atomic E-state index is 0.108. The van der Waals surface area contributed by atoms with Gasteiger partial charge in [0.2, 0.25) is 5.91 Å². The van der Waals surface area contributed by atoms with Crippen LogP contribution in [0.4, 0.5) is 17.2 Å². The van der Waals surface area contributed by atoms with Crippen LogP contribution >= 0.6 is 11.6 Å². The van der Waals surface area contributed by atoms with Crippen molar-refractivity contribution in [3.05, 3.63) is 49.6 Å². The van der Waals surface area contributed by atoms with Gasteiger partial charge in [-0.25, -0.2) is 9.36 Å². The number of aromatic nitrogens is 2. The second-order valence-electron chi connectivity index (χ2n) is 7.56. The summed E-state index contributed by atoms with van der Waals surface area (Å²) in [6.45, 7) is 3.12. The molecule has 1 amide bonds. The van der Waals surface area contributed by atoms with E-state index in [1.165, 1.54) is 11.7 Å². The molecule has 3 rings (SSSR count). The summed E-state index contributed by atoms with van der Waals surface area (Å²) in [5.41, 5.74) is 6.55. The molecule has 9 nitrogen and oxygen atoms in total. The summed E-state index contributed by atoms with van der Waals surface area (Å²) in [6, 6.07) is 5.14. The van der Waals surface area contributed by atoms with Gasteiger partial charge >= 0.3 is 5.69 Å². The number of carbonyl (C=O) groups is 1. The molecule has 1 aromatic heterocycles. The Balaban J connectivity index is 1.99. The van der Waals surface area contributed by atoms with Crippen molar-refractivity contribution < 1.29 is 9.53 Å². The molecule has 0 unspecified atom stereocenters. The van der Waals surface area contributed by atoms with E-state index >= 15 is 0 Å². The zero-order valence-corrected chi connectivity index (χ0v) is 18.6. The second-order valence-corrected chi connectivity index (χ2v) is 7.97. The lowest BCUT2D eigenvalue weighted by atomic mass is 10.1. The highest BCUT2D eigenvalue weighted by Gasteiger charge is 2.24. The quantitative estimate of drug-likeness (QED) is 0.667. The lowest BCUT2D eigenvalue weighted by molar-refractivity contribution is -0.116. The third-order valence-electron chi connectivity index (χ3n) is 5.48. The molecule has 1 saturated heterocycles. The van der Waals surface area contributed by atoms with Gasteiger partial charge in [0.15, 0.2) is 0 Å². The molecule has 1 aliphatic heterocycles. The number of hydrogen-bond acceptors (Lipinski definition) is 6. The van der Waals surface area contributed by atoms with Gasteiger partial charge in [0, 0.05) is 30.9 Å². The van der Waals surface area contributed by atoms with Gasteiger partial charge in [-0.05, 0) is 43.9 Å². The van der Waals surface area contributed by atoms with Crippen molar-refractivity contribution in [3.8, 4) is 0 Å². The van der Waals surface area contributed by atoms with E-state index in [4.69, 9.17) is 22.1 Å². The summed E-state index contributed by atoms with van der Waals surface area (Å²) >= 11 is 6.11. The Morgan fingerprint density at radius 3 is 2.58 bits per heavy atom. The molecule has 0 bridgehead atoms. The fourth-order valence-corrected chi connectivity index (χ4v) is 3.90. The van der Waals surface area contributed by atoms with Crippen LogP contribution in [-0.2, 0) is 22.6 Å². The van der Waals surface area contributed by atoms with Crippen molar-refractivity contribution in [1.29, 1.82) is 0 Å². The number of amides is 1. The van der Waals surface area contributed by atoms with Crippen LogP contribution < -0.4 is 27.2 Å². The Kier molecular flexibility index (Phi) is 7.40. The summed E-state index contributed by atoms with van der Waals surface area (Å²) in [5.74, 6) is -0.395. The van der Waals surface area contributed by atoms with Crippen LogP contribution in [0.2, 0.25) is 5.02 Å². The monoisotopic (exact) mass is 449 g/mol. The van der Waals surface area contributed by atoms with Crippen molar-refractivity contribution in [1.82, 2.24) is 9.13 Å². The van der Waals surface area contributed by atoms with Gasteiger partial charge in [0.25, 0.3) is 5.56 Å². The minimum atomic E-state index is -0.640. The molecule has 1 fully saturated rings. The van der Waals surface area contributed by atoms with E-state index in [0.717, 1.165) is 23.8 Å². The summed E-state index contributed by atoms with van der Waals surface area (Å²) < 4.78 is 7.32. The van der Waals surface area contributed by atoms with E-state index in [2.05, 4.69) is 5.32 Å². The minimum Gasteiger partial charge on any atom is -0.383 e. The van der Waals surface area contributed by atoms with Crippen molar-refractivity contribution >= 4 is 34.7 Å². The molecular formula is C21H28ClN5O4. The lowest BCUT2D eigenvalue weighted by Gasteiger charge is -2.30. The molecular weight excluding hydrogens is 422 g/mol. The lowest BCUT2D eigenvalue weighted by Crippen LogP contribution is -2.47. The van der Waals surface area contributed by atoms with E-state index in [1.54, 1.807) is 25.1 Å². The van der Waals surface area contributed by atoms with Crippen LogP contribution in [0.15, 0.2) is 27.8 Å². The number of methoxy groups -OCH3 is 1. The molecule has 2 aromatic rings. The summed E-state index contributed by atoms with van der Waals surface area (Å²) in [5, 5.41) is 3.24. The van der Waals surface area contributed by atoms with E-state index in [1.807, 2.05) is 4.90 Å². The Labute approximate surface area is 185 Å². The predicted molar refractivity (Wildman–Crippen MR) is 122 cm³/mol. The van der Waals surface area contributed by atoms with Gasteiger partial charge in [-0.1, -0.05) is 17.7 Å². The summed E-state index contributed by atoms with van der Waals surface area (Å²) in [4.78, 5) is 40.9. The standard InChI is InChI=1S/C21H28ClN5O4/c1-14-15(22)7-6-8-16(14)24-17(28)13-27-20(29)18(25-9-4-3-5-10-25)19(23)26(21(27)30)11-12-31-2/h6-8H,3-5,9-13,23H2,1-2H3,(H,24,28). The van der Waals surface area contributed by atoms with Gasteiger partial charge in [0.1, 0.15) is 18.1 Å². The number of hydrogen-bond donors (Lipinski definition) is 2. The van der Waals surface area contributed by atoms with Gasteiger partial charge in [-0.2, -0.15) is 0 Å². The predicted octanol–water partition coefficient (Wildman–Crippen LogP) is 1.83. The van der Waals surface area contributed by atoms with Crippen molar-refractivity contribution in [2.45, 2.75) is 39.3 Å². The molecule has 0 spiro atoms. The number of anilines is 3. The highest BCUT2D eigenvalue weighted by molar-refractivity contribution is 6.31. The van der Waals surface area contributed by atoms with Crippen LogP contribution in [-0.4, -0.2) is 41.8 Å². The van der Waals surface area contributed by atoms with Crippen LogP contribution in [0.1, 0.15) is 24.8 Å². The average molecular weight is 450 g/mol. The number of carbonyl (C=O) groups excluding carboxylic acids is 1. The molecule has 0 aliphatic carbocycles. The van der Waals surface area contributed by atoms with Crippen molar-refractivity contribution in [3.63, 3.8) is 0 Å². The number of piperidine rings is 1. The van der Waals surface area contributed by atoms with Gasteiger partial charge < -0.3 is 20.7 Å². The zero-order chi connectivity index (χ0) is 22.5. The maximum absolute atomic E-state index is 13.2. The number of rotatable bonds is 7. The number of benzene rings is 1. The van der Waals surface area contributed by atoms with E-state index in [9.17, 15) is 14.4 Å². The molecule has 3 N–H and O–H groups in total. The highest BCUT2D eigenvalue weighted by atomic mass is 35.5.